The van der Waals surface area contributed by atoms with Crippen molar-refractivity contribution >= 4 is 92.9 Å². The topological polar surface area (TPSA) is 29.3 Å². The standard InChI is InChI=1S/C49H30N2OS/c1-2-10-31(11-3-1)33-20-22-36(23-21-33)51(37-24-27-47-42(29-37)41-16-8-9-17-46(41)52-47)45-30-43-39(38-14-6-7-15-40(38)45)25-26-44-48(43)53-49(50-44)35-19-18-32-12-4-5-13-34(32)28-35/h1-30H. The smallest absolute Gasteiger partial charge is 0.135 e. The average molecular weight is 695 g/mol. The van der Waals surface area contributed by atoms with E-state index < -0.39 is 0 Å². The molecule has 53 heavy (non-hydrogen) atoms. The van der Waals surface area contributed by atoms with Crippen LogP contribution < -0.4 is 4.90 Å². The minimum absolute atomic E-state index is 0.880. The van der Waals surface area contributed by atoms with E-state index in [-0.39, 0.29) is 0 Å². The van der Waals surface area contributed by atoms with E-state index in [1.54, 1.807) is 11.3 Å². The Morgan fingerprint density at radius 3 is 1.94 bits per heavy atom. The Morgan fingerprint density at radius 1 is 0.415 bits per heavy atom. The second-order valence-corrected chi connectivity index (χ2v) is 14.6. The summed E-state index contributed by atoms with van der Waals surface area (Å²) in [6.07, 6.45) is 0. The third-order valence-electron chi connectivity index (χ3n) is 10.5. The number of hydrogen-bond donors (Lipinski definition) is 0. The molecule has 11 rings (SSSR count). The normalized spacial score (nSPS) is 11.8. The van der Waals surface area contributed by atoms with Gasteiger partial charge in [0.2, 0.25) is 0 Å². The highest BCUT2D eigenvalue weighted by Crippen LogP contribution is 2.46. The van der Waals surface area contributed by atoms with Crippen molar-refractivity contribution in [2.75, 3.05) is 4.90 Å². The van der Waals surface area contributed by atoms with Gasteiger partial charge in [0.15, 0.2) is 0 Å². The van der Waals surface area contributed by atoms with Gasteiger partial charge in [0.05, 0.1) is 15.9 Å². The molecule has 248 valence electrons. The number of rotatable bonds is 5. The lowest BCUT2D eigenvalue weighted by Crippen LogP contribution is -2.10. The third kappa shape index (κ3) is 4.91. The van der Waals surface area contributed by atoms with Crippen LogP contribution in [0.25, 0.3) is 86.2 Å². The van der Waals surface area contributed by atoms with Crippen molar-refractivity contribution in [2.24, 2.45) is 0 Å². The van der Waals surface area contributed by atoms with Crippen molar-refractivity contribution in [3.8, 4) is 21.7 Å². The molecule has 0 N–H and O–H groups in total. The van der Waals surface area contributed by atoms with Crippen LogP contribution in [0.1, 0.15) is 0 Å². The van der Waals surface area contributed by atoms with E-state index in [0.29, 0.717) is 0 Å². The lowest BCUT2D eigenvalue weighted by Gasteiger charge is -2.28. The molecule has 0 radical (unpaired) electrons. The minimum Gasteiger partial charge on any atom is -0.456 e. The maximum atomic E-state index is 6.28. The van der Waals surface area contributed by atoms with Crippen LogP contribution in [0.3, 0.4) is 0 Å². The van der Waals surface area contributed by atoms with Crippen LogP contribution in [0.4, 0.5) is 17.1 Å². The van der Waals surface area contributed by atoms with Crippen molar-refractivity contribution in [1.82, 2.24) is 4.98 Å². The first-order valence-corrected chi connectivity index (χ1v) is 18.7. The molecule has 0 bridgehead atoms. The fourth-order valence-corrected chi connectivity index (χ4v) is 8.97. The average Bonchev–Trinajstić information content (AvgIpc) is 3.84. The number of para-hydroxylation sites is 1. The van der Waals surface area contributed by atoms with Gasteiger partial charge in [0, 0.05) is 38.5 Å². The highest BCUT2D eigenvalue weighted by atomic mass is 32.1. The Kier molecular flexibility index (Phi) is 6.73. The Labute approximate surface area is 309 Å². The van der Waals surface area contributed by atoms with E-state index >= 15 is 0 Å². The van der Waals surface area contributed by atoms with Crippen LogP contribution in [0.5, 0.6) is 0 Å². The number of nitrogens with zero attached hydrogens (tertiary/aromatic N) is 2. The van der Waals surface area contributed by atoms with Crippen molar-refractivity contribution in [3.63, 3.8) is 0 Å². The van der Waals surface area contributed by atoms with Crippen molar-refractivity contribution in [1.29, 1.82) is 0 Å². The Balaban J connectivity index is 1.16. The number of anilines is 3. The summed E-state index contributed by atoms with van der Waals surface area (Å²) in [7, 11) is 0. The zero-order valence-corrected chi connectivity index (χ0v) is 29.3. The molecule has 4 heteroatoms. The summed E-state index contributed by atoms with van der Waals surface area (Å²) in [6, 6.07) is 65.1. The summed E-state index contributed by atoms with van der Waals surface area (Å²) < 4.78 is 7.47. The maximum absolute atomic E-state index is 6.28. The van der Waals surface area contributed by atoms with E-state index in [4.69, 9.17) is 9.40 Å². The predicted octanol–water partition coefficient (Wildman–Crippen LogP) is 14.5. The molecule has 3 nitrogen and oxygen atoms in total. The summed E-state index contributed by atoms with van der Waals surface area (Å²) in [5, 5.41) is 10.5. The van der Waals surface area contributed by atoms with Gasteiger partial charge in [-0.15, -0.1) is 11.3 Å². The van der Waals surface area contributed by atoms with Crippen molar-refractivity contribution in [2.45, 2.75) is 0 Å². The van der Waals surface area contributed by atoms with Crippen LogP contribution in [0.2, 0.25) is 0 Å². The molecule has 0 spiro atoms. The first kappa shape index (κ1) is 29.9. The summed E-state index contributed by atoms with van der Waals surface area (Å²) >= 11 is 1.77. The zero-order valence-electron chi connectivity index (χ0n) is 28.5. The molecule has 0 fully saturated rings. The van der Waals surface area contributed by atoms with E-state index in [0.717, 1.165) is 55.1 Å². The molecule has 0 saturated heterocycles. The van der Waals surface area contributed by atoms with E-state index in [2.05, 4.69) is 175 Å². The number of benzene rings is 9. The number of thiazole rings is 1. The number of furan rings is 1. The second-order valence-electron chi connectivity index (χ2n) is 13.6. The van der Waals surface area contributed by atoms with Gasteiger partial charge < -0.3 is 9.32 Å². The fourth-order valence-electron chi connectivity index (χ4n) is 7.89. The molecule has 0 aliphatic heterocycles. The van der Waals surface area contributed by atoms with Gasteiger partial charge in [-0.3, -0.25) is 0 Å². The van der Waals surface area contributed by atoms with Gasteiger partial charge in [0.25, 0.3) is 0 Å². The molecule has 0 saturated carbocycles. The summed E-state index contributed by atoms with van der Waals surface area (Å²) in [6.45, 7) is 0. The summed E-state index contributed by atoms with van der Waals surface area (Å²) in [4.78, 5) is 7.61. The lowest BCUT2D eigenvalue weighted by molar-refractivity contribution is 0.669. The van der Waals surface area contributed by atoms with Gasteiger partial charge in [0.1, 0.15) is 16.2 Å². The van der Waals surface area contributed by atoms with Crippen LogP contribution in [-0.2, 0) is 0 Å². The first-order valence-electron chi connectivity index (χ1n) is 17.9. The van der Waals surface area contributed by atoms with Crippen molar-refractivity contribution < 1.29 is 4.42 Å². The van der Waals surface area contributed by atoms with Crippen LogP contribution in [0.15, 0.2) is 186 Å². The van der Waals surface area contributed by atoms with Gasteiger partial charge in [-0.25, -0.2) is 4.98 Å². The molecule has 11 aromatic rings. The molecule has 0 unspecified atom stereocenters. The lowest BCUT2D eigenvalue weighted by atomic mass is 9.98. The fraction of sp³-hybridized carbons (Fsp3) is 0. The van der Waals surface area contributed by atoms with E-state index in [1.807, 2.05) is 12.1 Å². The number of fused-ring (bicyclic) bond motifs is 9. The first-order chi connectivity index (χ1) is 26.2. The van der Waals surface area contributed by atoms with E-state index in [1.165, 1.54) is 48.1 Å². The Morgan fingerprint density at radius 2 is 1.08 bits per heavy atom. The zero-order chi connectivity index (χ0) is 34.9. The Hall–Kier alpha value is -6.75. The largest absolute Gasteiger partial charge is 0.456 e. The SMILES string of the molecule is c1ccc(-c2ccc(N(c3ccc4oc5ccccc5c4c3)c3cc4c(ccc5nc(-c6ccc7ccccc7c6)sc54)c4ccccc34)cc2)cc1. The van der Waals surface area contributed by atoms with Gasteiger partial charge in [-0.05, 0) is 87.3 Å². The predicted molar refractivity (Wildman–Crippen MR) is 225 cm³/mol. The molecular formula is C49H30N2OS. The van der Waals surface area contributed by atoms with Crippen LogP contribution in [-0.4, -0.2) is 4.98 Å². The quantitative estimate of drug-likeness (QED) is 0.168. The van der Waals surface area contributed by atoms with Crippen molar-refractivity contribution in [3.05, 3.63) is 182 Å². The van der Waals surface area contributed by atoms with Crippen LogP contribution in [0, 0.1) is 0 Å². The molecule has 0 amide bonds. The van der Waals surface area contributed by atoms with Gasteiger partial charge >= 0.3 is 0 Å². The minimum atomic E-state index is 0.880. The molecule has 0 aliphatic rings. The maximum Gasteiger partial charge on any atom is 0.135 e. The number of hydrogen-bond acceptors (Lipinski definition) is 4. The monoisotopic (exact) mass is 694 g/mol. The van der Waals surface area contributed by atoms with E-state index in [9.17, 15) is 0 Å². The molecule has 2 heterocycles. The highest BCUT2D eigenvalue weighted by Gasteiger charge is 2.21. The second kappa shape index (κ2) is 11.9. The third-order valence-corrected chi connectivity index (χ3v) is 11.6. The summed E-state index contributed by atoms with van der Waals surface area (Å²) in [5.74, 6) is 0. The van der Waals surface area contributed by atoms with Gasteiger partial charge in [-0.2, -0.15) is 0 Å². The molecule has 9 aromatic carbocycles. The molecule has 0 aliphatic carbocycles. The number of aromatic nitrogens is 1. The van der Waals surface area contributed by atoms with Crippen LogP contribution >= 0.6 is 11.3 Å². The molecular weight excluding hydrogens is 665 g/mol. The Bertz CT molecular complexity index is 3180. The molecule has 2 aromatic heterocycles. The van der Waals surface area contributed by atoms with Gasteiger partial charge in [-0.1, -0.05) is 127 Å². The highest BCUT2D eigenvalue weighted by molar-refractivity contribution is 7.22. The summed E-state index contributed by atoms with van der Waals surface area (Å²) in [5.41, 5.74) is 9.56. The molecule has 0 atom stereocenters.